The molecule has 1 aromatic rings. The summed E-state index contributed by atoms with van der Waals surface area (Å²) in [5, 5.41) is 31.4. The molecule has 1 heterocycles. The van der Waals surface area contributed by atoms with Gasteiger partial charge in [0, 0.05) is 25.4 Å². The smallest absolute Gasteiger partial charge is 0.254 e. The second kappa shape index (κ2) is 11.6. The predicted molar refractivity (Wildman–Crippen MR) is 159 cm³/mol. The average Bonchev–Trinajstić information content (AvgIpc) is 3.37. The fourth-order valence-electron chi connectivity index (χ4n) is 8.79. The third-order valence-corrected chi connectivity index (χ3v) is 10.9. The van der Waals surface area contributed by atoms with E-state index in [1.165, 1.54) is 36.8 Å². The van der Waals surface area contributed by atoms with E-state index in [0.29, 0.717) is 43.6 Å². The Bertz CT molecular complexity index is 1150. The number of nitrogens with zero attached hydrogens (tertiary/aromatic N) is 1. The minimum absolute atomic E-state index is 0.0716. The third kappa shape index (κ3) is 5.75. The van der Waals surface area contributed by atoms with Crippen molar-refractivity contribution in [2.24, 2.45) is 23.2 Å². The van der Waals surface area contributed by atoms with Gasteiger partial charge >= 0.3 is 0 Å². The molecule has 40 heavy (non-hydrogen) atoms. The van der Waals surface area contributed by atoms with Gasteiger partial charge in [0.05, 0.1) is 12.2 Å². The second-order valence-electron chi connectivity index (χ2n) is 13.7. The summed E-state index contributed by atoms with van der Waals surface area (Å²) in [6, 6.07) is 10.4. The SMILES string of the molecule is C=C1/C(=C\C=C2/CCC[C@]3(C)[C@@H]([C@H](C)C[C@@H]4C[C@](C)(O)C(=O)N4CCc4ccccc4)CC[C@@H]23)C[C@@H](O)C[C@@H]1O. The second-order valence-corrected chi connectivity index (χ2v) is 13.7. The summed E-state index contributed by atoms with van der Waals surface area (Å²) in [7, 11) is 0. The first-order valence-corrected chi connectivity index (χ1v) is 15.5. The fraction of sp³-hybridized carbons (Fsp3) is 0.629. The molecular weight excluding hydrogens is 498 g/mol. The summed E-state index contributed by atoms with van der Waals surface area (Å²) in [4.78, 5) is 15.2. The van der Waals surface area contributed by atoms with Crippen LogP contribution in [-0.2, 0) is 11.2 Å². The molecule has 8 atom stereocenters. The van der Waals surface area contributed by atoms with Crippen molar-refractivity contribution < 1.29 is 20.1 Å². The van der Waals surface area contributed by atoms with Gasteiger partial charge in [-0.1, -0.05) is 68.5 Å². The van der Waals surface area contributed by atoms with Crippen LogP contribution in [0.3, 0.4) is 0 Å². The standard InChI is InChI=1S/C35H49NO4/c1-23(19-28-22-35(4,40)33(39)36(28)18-16-25-9-6-5-7-10-25)30-14-15-31-26(11-8-17-34(30,31)3)12-13-27-20-29(37)21-32(38)24(27)2/h5-7,9-10,12-13,23,28-32,37-38,40H,2,8,11,14-22H2,1,3-4H3/b26-12+,27-13-/t23-,28-,29-,30-,31+,32+,34-,35+/m1/s1. The molecule has 1 aromatic carbocycles. The van der Waals surface area contributed by atoms with Crippen molar-refractivity contribution in [3.8, 4) is 0 Å². The Balaban J connectivity index is 1.28. The molecule has 218 valence electrons. The van der Waals surface area contributed by atoms with Gasteiger partial charge in [0.2, 0.25) is 0 Å². The highest BCUT2D eigenvalue weighted by Gasteiger charge is 2.53. The van der Waals surface area contributed by atoms with E-state index in [2.05, 4.69) is 44.7 Å². The molecule has 3 saturated carbocycles. The van der Waals surface area contributed by atoms with Gasteiger partial charge in [0.15, 0.2) is 0 Å². The lowest BCUT2D eigenvalue weighted by Gasteiger charge is -2.45. The van der Waals surface area contributed by atoms with Gasteiger partial charge in [-0.2, -0.15) is 0 Å². The Labute approximate surface area is 240 Å². The van der Waals surface area contributed by atoms with Gasteiger partial charge < -0.3 is 20.2 Å². The highest BCUT2D eigenvalue weighted by molar-refractivity contribution is 5.87. The molecule has 1 saturated heterocycles. The van der Waals surface area contributed by atoms with Crippen molar-refractivity contribution in [1.29, 1.82) is 0 Å². The van der Waals surface area contributed by atoms with E-state index in [0.717, 1.165) is 30.4 Å². The van der Waals surface area contributed by atoms with Gasteiger partial charge in [-0.05, 0) is 98.2 Å². The van der Waals surface area contributed by atoms with Crippen LogP contribution in [0.2, 0.25) is 0 Å². The molecular formula is C35H49NO4. The summed E-state index contributed by atoms with van der Waals surface area (Å²) in [6.07, 6.45) is 12.3. The van der Waals surface area contributed by atoms with E-state index < -0.39 is 17.8 Å². The Morgan fingerprint density at radius 1 is 1.15 bits per heavy atom. The molecule has 5 rings (SSSR count). The number of carbonyl (C=O) groups excluding carboxylic acids is 1. The third-order valence-electron chi connectivity index (χ3n) is 10.9. The molecule has 5 nitrogen and oxygen atoms in total. The number of allylic oxidation sites excluding steroid dienone is 3. The molecule has 0 radical (unpaired) electrons. The van der Waals surface area contributed by atoms with Crippen LogP contribution in [0.25, 0.3) is 0 Å². The molecule has 0 aromatic heterocycles. The maximum Gasteiger partial charge on any atom is 0.254 e. The summed E-state index contributed by atoms with van der Waals surface area (Å²) in [5.74, 6) is 1.46. The molecule has 4 aliphatic rings. The lowest BCUT2D eigenvalue weighted by Crippen LogP contribution is -2.41. The van der Waals surface area contributed by atoms with E-state index in [9.17, 15) is 20.1 Å². The number of hydrogen-bond acceptors (Lipinski definition) is 4. The normalized spacial score (nSPS) is 39.2. The van der Waals surface area contributed by atoms with Gasteiger partial charge in [0.1, 0.15) is 5.60 Å². The molecule has 1 amide bonds. The van der Waals surface area contributed by atoms with Crippen LogP contribution in [0.1, 0.15) is 84.1 Å². The fourth-order valence-corrected chi connectivity index (χ4v) is 8.79. The molecule has 3 aliphatic carbocycles. The highest BCUT2D eigenvalue weighted by atomic mass is 16.3. The van der Waals surface area contributed by atoms with Crippen molar-refractivity contribution in [3.05, 3.63) is 71.3 Å². The largest absolute Gasteiger partial charge is 0.393 e. The number of likely N-dealkylation sites (tertiary alicyclic amines) is 1. The van der Waals surface area contributed by atoms with Crippen molar-refractivity contribution in [2.45, 2.75) is 109 Å². The topological polar surface area (TPSA) is 81.0 Å². The summed E-state index contributed by atoms with van der Waals surface area (Å²) in [6.45, 7) is 11.3. The molecule has 5 heteroatoms. The van der Waals surface area contributed by atoms with Crippen molar-refractivity contribution in [1.82, 2.24) is 4.90 Å². The van der Waals surface area contributed by atoms with Crippen LogP contribution in [0, 0.1) is 23.2 Å². The lowest BCUT2D eigenvalue weighted by molar-refractivity contribution is -0.142. The van der Waals surface area contributed by atoms with Gasteiger partial charge in [-0.15, -0.1) is 0 Å². The maximum atomic E-state index is 13.2. The molecule has 0 unspecified atom stereocenters. The number of fused-ring (bicyclic) bond motifs is 1. The number of aliphatic hydroxyl groups excluding tert-OH is 2. The van der Waals surface area contributed by atoms with Crippen molar-refractivity contribution in [2.75, 3.05) is 6.54 Å². The monoisotopic (exact) mass is 547 g/mol. The van der Waals surface area contributed by atoms with E-state index in [1.807, 2.05) is 23.1 Å². The predicted octanol–water partition coefficient (Wildman–Crippen LogP) is 5.75. The zero-order chi connectivity index (χ0) is 28.7. The first kappa shape index (κ1) is 29.3. The summed E-state index contributed by atoms with van der Waals surface area (Å²) >= 11 is 0. The Morgan fingerprint density at radius 3 is 2.65 bits per heavy atom. The van der Waals surface area contributed by atoms with Crippen LogP contribution in [0.4, 0.5) is 0 Å². The van der Waals surface area contributed by atoms with Crippen LogP contribution < -0.4 is 0 Å². The van der Waals surface area contributed by atoms with Crippen LogP contribution in [0.5, 0.6) is 0 Å². The number of benzene rings is 1. The quantitative estimate of drug-likeness (QED) is 0.406. The van der Waals surface area contributed by atoms with E-state index in [-0.39, 0.29) is 17.4 Å². The number of amides is 1. The number of hydrogen-bond donors (Lipinski definition) is 3. The van der Waals surface area contributed by atoms with Crippen molar-refractivity contribution >= 4 is 5.91 Å². The van der Waals surface area contributed by atoms with Gasteiger partial charge in [-0.25, -0.2) is 0 Å². The van der Waals surface area contributed by atoms with E-state index in [1.54, 1.807) is 6.92 Å². The average molecular weight is 548 g/mol. The molecule has 0 spiro atoms. The van der Waals surface area contributed by atoms with Gasteiger partial charge in [0.25, 0.3) is 5.91 Å². The highest BCUT2D eigenvalue weighted by Crippen LogP contribution is 2.60. The zero-order valence-electron chi connectivity index (χ0n) is 24.7. The Kier molecular flexibility index (Phi) is 8.48. The zero-order valence-corrected chi connectivity index (χ0v) is 24.7. The number of carbonyl (C=O) groups is 1. The van der Waals surface area contributed by atoms with Crippen LogP contribution >= 0.6 is 0 Å². The molecule has 1 aliphatic heterocycles. The first-order valence-electron chi connectivity index (χ1n) is 15.5. The molecule has 3 N–H and O–H groups in total. The van der Waals surface area contributed by atoms with Crippen LogP contribution in [0.15, 0.2) is 65.8 Å². The van der Waals surface area contributed by atoms with E-state index >= 15 is 0 Å². The number of rotatable bonds is 7. The first-order chi connectivity index (χ1) is 19.0. The minimum atomic E-state index is -1.28. The summed E-state index contributed by atoms with van der Waals surface area (Å²) in [5.41, 5.74) is 3.39. The van der Waals surface area contributed by atoms with Crippen molar-refractivity contribution in [3.63, 3.8) is 0 Å². The van der Waals surface area contributed by atoms with Crippen LogP contribution in [-0.4, -0.2) is 56.5 Å². The van der Waals surface area contributed by atoms with E-state index in [4.69, 9.17) is 0 Å². The number of aliphatic hydroxyl groups is 3. The molecule has 0 bridgehead atoms. The molecule has 4 fully saturated rings. The Morgan fingerprint density at radius 2 is 1.90 bits per heavy atom. The maximum absolute atomic E-state index is 13.2. The summed E-state index contributed by atoms with van der Waals surface area (Å²) < 4.78 is 0. The Hall–Kier alpha value is -2.21. The minimum Gasteiger partial charge on any atom is -0.393 e. The lowest BCUT2D eigenvalue weighted by atomic mass is 9.60. The van der Waals surface area contributed by atoms with Gasteiger partial charge in [-0.3, -0.25) is 4.79 Å².